The number of rotatable bonds is 4. The van der Waals surface area contributed by atoms with Gasteiger partial charge in [0, 0.05) is 22.0 Å². The molecule has 0 fully saturated rings. The maximum atomic E-state index is 10.9. The number of phenolic OH excluding ortho intramolecular Hbond substituents is 1. The number of nitrogens with zero attached hydrogens (tertiary/aromatic N) is 3. The summed E-state index contributed by atoms with van der Waals surface area (Å²) >= 11 is 7.17. The smallest absolute Gasteiger partial charge is 0.311 e. The lowest BCUT2D eigenvalue weighted by Gasteiger charge is -1.99. The highest BCUT2D eigenvalue weighted by Crippen LogP contribution is 2.30. The lowest BCUT2D eigenvalue weighted by atomic mass is 10.1. The molecule has 1 N–H and O–H groups in total. The molecule has 0 radical (unpaired) electrons. The van der Waals surface area contributed by atoms with E-state index < -0.39 is 16.4 Å². The van der Waals surface area contributed by atoms with Crippen LogP contribution in [0.15, 0.2) is 47.8 Å². The molecule has 3 aromatic rings. The van der Waals surface area contributed by atoms with Gasteiger partial charge in [-0.05, 0) is 29.8 Å². The van der Waals surface area contributed by atoms with Crippen LogP contribution >= 0.6 is 22.9 Å². The number of nitro groups is 1. The second-order valence-corrected chi connectivity index (χ2v) is 6.51. The molecule has 0 aliphatic heterocycles. The summed E-state index contributed by atoms with van der Waals surface area (Å²) in [6.07, 6.45) is 1.50. The van der Waals surface area contributed by atoms with Crippen molar-refractivity contribution in [2.45, 2.75) is 0 Å². The average Bonchev–Trinajstić information content (AvgIpc) is 3.11. The third-order valence-electron chi connectivity index (χ3n) is 3.50. The van der Waals surface area contributed by atoms with Crippen molar-refractivity contribution >= 4 is 40.3 Å². The molecule has 0 saturated carbocycles. The van der Waals surface area contributed by atoms with Crippen LogP contribution in [0.1, 0.15) is 10.6 Å². The van der Waals surface area contributed by atoms with Gasteiger partial charge in [-0.25, -0.2) is 4.98 Å². The molecule has 1 heterocycles. The molecular formula is C18H10ClN3O3S. The molecule has 1 aromatic heterocycles. The molecule has 0 unspecified atom stereocenters. The predicted octanol–water partition coefficient (Wildman–Crippen LogP) is 5.14. The number of aromatic hydroxyl groups is 1. The van der Waals surface area contributed by atoms with Gasteiger partial charge in [-0.1, -0.05) is 29.8 Å². The Morgan fingerprint density at radius 2 is 2.04 bits per heavy atom. The quantitative estimate of drug-likeness (QED) is 0.382. The number of hydrogen-bond acceptors (Lipinski definition) is 6. The molecule has 0 aliphatic rings. The normalized spacial score (nSPS) is 11.2. The fourth-order valence-corrected chi connectivity index (χ4v) is 3.16. The second kappa shape index (κ2) is 7.35. The summed E-state index contributed by atoms with van der Waals surface area (Å²) in [5, 5.41) is 32.8. The van der Waals surface area contributed by atoms with E-state index in [1.807, 2.05) is 17.5 Å². The minimum absolute atomic E-state index is 0.273. The first-order valence-electron chi connectivity index (χ1n) is 7.29. The summed E-state index contributed by atoms with van der Waals surface area (Å²) in [6, 6.07) is 13.2. The van der Waals surface area contributed by atoms with Crippen molar-refractivity contribution in [1.82, 2.24) is 4.98 Å². The van der Waals surface area contributed by atoms with Crippen molar-refractivity contribution < 1.29 is 10.0 Å². The third kappa shape index (κ3) is 3.72. The van der Waals surface area contributed by atoms with Crippen molar-refractivity contribution in [3.63, 3.8) is 0 Å². The molecule has 0 saturated heterocycles. The summed E-state index contributed by atoms with van der Waals surface area (Å²) in [7, 11) is 0. The molecule has 3 rings (SSSR count). The zero-order valence-electron chi connectivity index (χ0n) is 13.1. The Kier molecular flexibility index (Phi) is 4.98. The maximum absolute atomic E-state index is 10.9. The van der Waals surface area contributed by atoms with E-state index in [-0.39, 0.29) is 5.57 Å². The number of nitriles is 1. The molecule has 0 atom stereocenters. The van der Waals surface area contributed by atoms with E-state index in [1.165, 1.54) is 35.6 Å². The minimum Gasteiger partial charge on any atom is -0.502 e. The fraction of sp³-hybridized carbons (Fsp3) is 0. The Labute approximate surface area is 157 Å². The molecule has 128 valence electrons. The summed E-state index contributed by atoms with van der Waals surface area (Å²) in [5.74, 6) is -0.426. The maximum Gasteiger partial charge on any atom is 0.311 e. The van der Waals surface area contributed by atoms with Gasteiger partial charge in [0.2, 0.25) is 0 Å². The molecule has 6 nitrogen and oxygen atoms in total. The topological polar surface area (TPSA) is 100 Å². The van der Waals surface area contributed by atoms with Crippen LogP contribution in [0.2, 0.25) is 5.02 Å². The van der Waals surface area contributed by atoms with Crippen LogP contribution in [0.25, 0.3) is 22.9 Å². The number of hydrogen-bond donors (Lipinski definition) is 1. The molecular weight excluding hydrogens is 374 g/mol. The number of benzene rings is 2. The monoisotopic (exact) mass is 383 g/mol. The number of halogens is 1. The molecule has 2 aromatic carbocycles. The van der Waals surface area contributed by atoms with E-state index in [9.17, 15) is 20.5 Å². The predicted molar refractivity (Wildman–Crippen MR) is 101 cm³/mol. The summed E-state index contributed by atoms with van der Waals surface area (Å²) in [5.41, 5.74) is 1.86. The van der Waals surface area contributed by atoms with Crippen LogP contribution in [0, 0.1) is 21.4 Å². The first-order chi connectivity index (χ1) is 12.5. The lowest BCUT2D eigenvalue weighted by Crippen LogP contribution is -1.89. The van der Waals surface area contributed by atoms with Crippen LogP contribution < -0.4 is 0 Å². The highest BCUT2D eigenvalue weighted by molar-refractivity contribution is 7.11. The summed E-state index contributed by atoms with van der Waals surface area (Å²) in [6.45, 7) is 0. The van der Waals surface area contributed by atoms with Crippen molar-refractivity contribution in [2.75, 3.05) is 0 Å². The molecule has 8 heteroatoms. The second-order valence-electron chi connectivity index (χ2n) is 5.22. The Morgan fingerprint density at radius 3 is 2.69 bits per heavy atom. The van der Waals surface area contributed by atoms with Gasteiger partial charge in [0.05, 0.1) is 16.2 Å². The van der Waals surface area contributed by atoms with Crippen LogP contribution in [-0.4, -0.2) is 15.0 Å². The van der Waals surface area contributed by atoms with Crippen LogP contribution in [0.3, 0.4) is 0 Å². The highest BCUT2D eigenvalue weighted by Gasteiger charge is 2.14. The Bertz CT molecular complexity index is 1050. The fourth-order valence-electron chi connectivity index (χ4n) is 2.24. The first-order valence-corrected chi connectivity index (χ1v) is 8.55. The summed E-state index contributed by atoms with van der Waals surface area (Å²) < 4.78 is 0. The van der Waals surface area contributed by atoms with E-state index >= 15 is 0 Å². The number of allylic oxidation sites excluding steroid dienone is 1. The van der Waals surface area contributed by atoms with Crippen molar-refractivity contribution in [3.05, 3.63) is 73.6 Å². The summed E-state index contributed by atoms with van der Waals surface area (Å²) in [4.78, 5) is 14.7. The Hall–Kier alpha value is -3.21. The molecule has 0 amide bonds. The van der Waals surface area contributed by atoms with Gasteiger partial charge in [-0.2, -0.15) is 5.26 Å². The third-order valence-corrected chi connectivity index (χ3v) is 4.63. The van der Waals surface area contributed by atoms with Gasteiger partial charge in [0.1, 0.15) is 11.1 Å². The van der Waals surface area contributed by atoms with Crippen molar-refractivity contribution in [3.8, 4) is 23.1 Å². The molecule has 26 heavy (non-hydrogen) atoms. The van der Waals surface area contributed by atoms with Crippen LogP contribution in [0.4, 0.5) is 5.69 Å². The van der Waals surface area contributed by atoms with Gasteiger partial charge >= 0.3 is 5.69 Å². The van der Waals surface area contributed by atoms with E-state index in [0.717, 1.165) is 5.56 Å². The van der Waals surface area contributed by atoms with E-state index in [1.54, 1.807) is 12.1 Å². The van der Waals surface area contributed by atoms with Gasteiger partial charge in [-0.3, -0.25) is 10.1 Å². The zero-order valence-corrected chi connectivity index (χ0v) is 14.7. The molecule has 0 spiro atoms. The molecule has 0 aliphatic carbocycles. The minimum atomic E-state index is -0.680. The number of nitro benzene ring substituents is 1. The zero-order chi connectivity index (χ0) is 18.7. The van der Waals surface area contributed by atoms with Gasteiger partial charge in [-0.15, -0.1) is 11.3 Å². The standard InChI is InChI=1S/C18H10ClN3O3S/c19-14-4-2-12(3-5-14)15-10-26-18(21-15)13(9-20)7-11-1-6-17(23)16(8-11)22(24)25/h1-8,10,23H/b13-7+. The SMILES string of the molecule is N#C/C(=C\c1ccc(O)c([N+](=O)[O-])c1)c1nc(-c2ccc(Cl)cc2)cs1. The number of aromatic nitrogens is 1. The highest BCUT2D eigenvalue weighted by atomic mass is 35.5. The first kappa shape index (κ1) is 17.6. The number of phenols is 1. The van der Waals surface area contributed by atoms with E-state index in [4.69, 9.17) is 11.6 Å². The molecule has 0 bridgehead atoms. The Morgan fingerprint density at radius 1 is 1.31 bits per heavy atom. The van der Waals surface area contributed by atoms with E-state index in [0.29, 0.717) is 21.3 Å². The largest absolute Gasteiger partial charge is 0.502 e. The lowest BCUT2D eigenvalue weighted by molar-refractivity contribution is -0.385. The van der Waals surface area contributed by atoms with Gasteiger partial charge in [0.15, 0.2) is 5.75 Å². The Balaban J connectivity index is 1.96. The van der Waals surface area contributed by atoms with Gasteiger partial charge < -0.3 is 5.11 Å². The average molecular weight is 384 g/mol. The van der Waals surface area contributed by atoms with Crippen LogP contribution in [-0.2, 0) is 0 Å². The van der Waals surface area contributed by atoms with Crippen molar-refractivity contribution in [2.24, 2.45) is 0 Å². The van der Waals surface area contributed by atoms with Crippen LogP contribution in [0.5, 0.6) is 5.75 Å². The number of thiazole rings is 1. The van der Waals surface area contributed by atoms with Crippen molar-refractivity contribution in [1.29, 1.82) is 5.26 Å². The van der Waals surface area contributed by atoms with E-state index in [2.05, 4.69) is 11.1 Å². The van der Waals surface area contributed by atoms with Gasteiger partial charge in [0.25, 0.3) is 0 Å².